The summed E-state index contributed by atoms with van der Waals surface area (Å²) in [5.41, 5.74) is 0. The fourth-order valence-corrected chi connectivity index (χ4v) is 1.62. The molecule has 0 aliphatic carbocycles. The minimum absolute atomic E-state index is 0.0968. The van der Waals surface area contributed by atoms with Crippen LogP contribution in [0.1, 0.15) is 11.5 Å². The summed E-state index contributed by atoms with van der Waals surface area (Å²) in [7, 11) is 0. The van der Waals surface area contributed by atoms with Crippen molar-refractivity contribution in [3.05, 3.63) is 23.7 Å². The molecule has 1 fully saturated rings. The third-order valence-electron chi connectivity index (χ3n) is 2.29. The van der Waals surface area contributed by atoms with Crippen molar-refractivity contribution >= 4 is 5.91 Å². The Morgan fingerprint density at radius 3 is 3.07 bits per heavy atom. The molecule has 0 spiro atoms. The van der Waals surface area contributed by atoms with Crippen molar-refractivity contribution in [1.82, 2.24) is 10.2 Å². The van der Waals surface area contributed by atoms with Crippen LogP contribution >= 0.6 is 0 Å². The van der Waals surface area contributed by atoms with Crippen LogP contribution in [0.5, 0.6) is 0 Å². The monoisotopic (exact) mass is 194 g/mol. The van der Waals surface area contributed by atoms with E-state index < -0.39 is 0 Å². The van der Waals surface area contributed by atoms with Crippen LogP contribution in [0, 0.1) is 6.92 Å². The average molecular weight is 194 g/mol. The van der Waals surface area contributed by atoms with Gasteiger partial charge < -0.3 is 9.73 Å². The molecule has 1 amide bonds. The number of nitrogens with zero attached hydrogens (tertiary/aromatic N) is 1. The van der Waals surface area contributed by atoms with Crippen LogP contribution in [0.2, 0.25) is 0 Å². The highest BCUT2D eigenvalue weighted by Gasteiger charge is 2.16. The number of amides is 1. The Balaban J connectivity index is 1.93. The first-order chi connectivity index (χ1) is 6.74. The van der Waals surface area contributed by atoms with Crippen LogP contribution in [0.3, 0.4) is 0 Å². The molecule has 4 nitrogen and oxygen atoms in total. The van der Waals surface area contributed by atoms with E-state index >= 15 is 0 Å². The van der Waals surface area contributed by atoms with Gasteiger partial charge in [0.2, 0.25) is 5.91 Å². The minimum atomic E-state index is 0.0968. The largest absolute Gasteiger partial charge is 0.465 e. The van der Waals surface area contributed by atoms with Gasteiger partial charge in [0.1, 0.15) is 11.5 Å². The first-order valence-electron chi connectivity index (χ1n) is 4.78. The molecule has 0 saturated carbocycles. The molecule has 1 aliphatic rings. The number of nitrogens with one attached hydrogen (secondary N) is 1. The lowest BCUT2D eigenvalue weighted by atomic mass is 10.3. The zero-order chi connectivity index (χ0) is 9.97. The molecule has 76 valence electrons. The first-order valence-corrected chi connectivity index (χ1v) is 4.78. The zero-order valence-corrected chi connectivity index (χ0v) is 8.25. The highest BCUT2D eigenvalue weighted by Crippen LogP contribution is 2.09. The van der Waals surface area contributed by atoms with Crippen molar-refractivity contribution < 1.29 is 9.21 Å². The predicted molar refractivity (Wildman–Crippen MR) is 51.7 cm³/mol. The Morgan fingerprint density at radius 1 is 1.57 bits per heavy atom. The van der Waals surface area contributed by atoms with Crippen molar-refractivity contribution in [1.29, 1.82) is 0 Å². The summed E-state index contributed by atoms with van der Waals surface area (Å²) in [6.45, 7) is 4.75. The van der Waals surface area contributed by atoms with Crippen molar-refractivity contribution in [2.24, 2.45) is 0 Å². The third-order valence-corrected chi connectivity index (χ3v) is 2.29. The Bertz CT molecular complexity index is 333. The van der Waals surface area contributed by atoms with E-state index in [9.17, 15) is 4.79 Å². The summed E-state index contributed by atoms with van der Waals surface area (Å²) in [6, 6.07) is 3.90. The second kappa shape index (κ2) is 3.84. The summed E-state index contributed by atoms with van der Waals surface area (Å²) in [6.07, 6.45) is 0. The number of carbonyl (C=O) groups is 1. The smallest absolute Gasteiger partial charge is 0.234 e. The molecule has 1 aromatic heterocycles. The molecule has 0 aromatic carbocycles. The van der Waals surface area contributed by atoms with Gasteiger partial charge in [0, 0.05) is 13.1 Å². The van der Waals surface area contributed by atoms with Crippen molar-refractivity contribution in [3.8, 4) is 0 Å². The Labute approximate surface area is 82.9 Å². The van der Waals surface area contributed by atoms with Crippen LogP contribution < -0.4 is 5.32 Å². The van der Waals surface area contributed by atoms with Crippen LogP contribution in [0.15, 0.2) is 16.5 Å². The molecule has 0 atom stereocenters. The van der Waals surface area contributed by atoms with E-state index in [1.54, 1.807) is 0 Å². The number of hydrogen-bond donors (Lipinski definition) is 1. The molecule has 2 rings (SSSR count). The number of rotatable bonds is 2. The maximum absolute atomic E-state index is 11.1. The van der Waals surface area contributed by atoms with Gasteiger partial charge in [-0.2, -0.15) is 0 Å². The molecule has 1 saturated heterocycles. The molecule has 0 bridgehead atoms. The van der Waals surface area contributed by atoms with Crippen molar-refractivity contribution in [2.75, 3.05) is 19.6 Å². The first kappa shape index (κ1) is 9.27. The van der Waals surface area contributed by atoms with Gasteiger partial charge >= 0.3 is 0 Å². The van der Waals surface area contributed by atoms with Crippen LogP contribution in [-0.2, 0) is 11.3 Å². The number of hydrogen-bond acceptors (Lipinski definition) is 3. The fraction of sp³-hybridized carbons (Fsp3) is 0.500. The second-order valence-corrected chi connectivity index (χ2v) is 3.57. The molecule has 0 radical (unpaired) electrons. The lowest BCUT2D eigenvalue weighted by Gasteiger charge is -2.25. The van der Waals surface area contributed by atoms with Crippen molar-refractivity contribution in [2.45, 2.75) is 13.5 Å². The molecular weight excluding hydrogens is 180 g/mol. The van der Waals surface area contributed by atoms with Gasteiger partial charge in [0.05, 0.1) is 13.1 Å². The van der Waals surface area contributed by atoms with Gasteiger partial charge in [-0.1, -0.05) is 0 Å². The topological polar surface area (TPSA) is 45.5 Å². The normalized spacial score (nSPS) is 18.2. The van der Waals surface area contributed by atoms with Crippen LogP contribution in [0.4, 0.5) is 0 Å². The van der Waals surface area contributed by atoms with Crippen LogP contribution in [0.25, 0.3) is 0 Å². The minimum Gasteiger partial charge on any atom is -0.465 e. The Kier molecular flexibility index (Phi) is 2.54. The Hall–Kier alpha value is -1.29. The van der Waals surface area contributed by atoms with Gasteiger partial charge in [-0.15, -0.1) is 0 Å². The van der Waals surface area contributed by atoms with E-state index in [2.05, 4.69) is 10.2 Å². The van der Waals surface area contributed by atoms with Crippen molar-refractivity contribution in [3.63, 3.8) is 0 Å². The van der Waals surface area contributed by atoms with E-state index in [0.29, 0.717) is 6.54 Å². The molecule has 2 heterocycles. The van der Waals surface area contributed by atoms with Gasteiger partial charge in [-0.3, -0.25) is 9.69 Å². The molecule has 1 aromatic rings. The molecule has 0 unspecified atom stereocenters. The van der Waals surface area contributed by atoms with E-state index in [-0.39, 0.29) is 5.91 Å². The maximum Gasteiger partial charge on any atom is 0.234 e. The summed E-state index contributed by atoms with van der Waals surface area (Å²) in [4.78, 5) is 13.2. The highest BCUT2D eigenvalue weighted by molar-refractivity contribution is 5.78. The second-order valence-electron chi connectivity index (χ2n) is 3.57. The van der Waals surface area contributed by atoms with Gasteiger partial charge in [-0.05, 0) is 19.1 Å². The number of piperazine rings is 1. The standard InChI is InChI=1S/C10H14N2O2/c1-8-2-3-9(14-8)6-12-5-4-11-10(13)7-12/h2-3H,4-7H2,1H3,(H,11,13). The predicted octanol–water partition coefficient (Wildman–Crippen LogP) is 0.520. The summed E-state index contributed by atoms with van der Waals surface area (Å²) in [5.74, 6) is 1.94. The van der Waals surface area contributed by atoms with E-state index in [1.165, 1.54) is 0 Å². The number of aryl methyl sites for hydroxylation is 1. The molecule has 4 heteroatoms. The van der Waals surface area contributed by atoms with E-state index in [0.717, 1.165) is 31.2 Å². The summed E-state index contributed by atoms with van der Waals surface area (Å²) >= 11 is 0. The Morgan fingerprint density at radius 2 is 2.43 bits per heavy atom. The number of furan rings is 1. The number of carbonyl (C=O) groups excluding carboxylic acids is 1. The zero-order valence-electron chi connectivity index (χ0n) is 8.25. The quantitative estimate of drug-likeness (QED) is 0.746. The molecule has 1 aliphatic heterocycles. The highest BCUT2D eigenvalue weighted by atomic mass is 16.3. The van der Waals surface area contributed by atoms with Gasteiger partial charge in [0.15, 0.2) is 0 Å². The van der Waals surface area contributed by atoms with E-state index in [1.807, 2.05) is 19.1 Å². The summed E-state index contributed by atoms with van der Waals surface area (Å²) < 4.78 is 5.45. The van der Waals surface area contributed by atoms with Crippen LogP contribution in [-0.4, -0.2) is 30.4 Å². The summed E-state index contributed by atoms with van der Waals surface area (Å²) in [5, 5.41) is 2.79. The fourth-order valence-electron chi connectivity index (χ4n) is 1.62. The maximum atomic E-state index is 11.1. The van der Waals surface area contributed by atoms with Gasteiger partial charge in [-0.25, -0.2) is 0 Å². The average Bonchev–Trinajstić information content (AvgIpc) is 2.51. The van der Waals surface area contributed by atoms with Gasteiger partial charge in [0.25, 0.3) is 0 Å². The molecule has 14 heavy (non-hydrogen) atoms. The molecule has 1 N–H and O–H groups in total. The third kappa shape index (κ3) is 2.14. The SMILES string of the molecule is Cc1ccc(CN2CCNC(=O)C2)o1. The lowest BCUT2D eigenvalue weighted by molar-refractivity contribution is -0.124. The lowest BCUT2D eigenvalue weighted by Crippen LogP contribution is -2.47. The molecular formula is C10H14N2O2. The van der Waals surface area contributed by atoms with E-state index in [4.69, 9.17) is 4.42 Å².